The highest BCUT2D eigenvalue weighted by Crippen LogP contribution is 2.45. The van der Waals surface area contributed by atoms with Crippen molar-refractivity contribution in [2.75, 3.05) is 0 Å². The summed E-state index contributed by atoms with van der Waals surface area (Å²) in [6.45, 7) is 0. The van der Waals surface area contributed by atoms with E-state index in [0.717, 1.165) is 5.92 Å². The Bertz CT molecular complexity index is 1980. The van der Waals surface area contributed by atoms with E-state index in [4.69, 9.17) is 0 Å². The van der Waals surface area contributed by atoms with Crippen molar-refractivity contribution in [3.05, 3.63) is 145 Å². The molecule has 1 saturated carbocycles. The van der Waals surface area contributed by atoms with E-state index in [0.29, 0.717) is 0 Å². The second-order valence-corrected chi connectivity index (χ2v) is 11.9. The molecule has 1 aliphatic carbocycles. The summed E-state index contributed by atoms with van der Waals surface area (Å²) in [4.78, 5) is 0. The molecule has 0 N–H and O–H groups in total. The van der Waals surface area contributed by atoms with Gasteiger partial charge in [-0.1, -0.05) is 153 Å². The lowest BCUT2D eigenvalue weighted by Crippen LogP contribution is -2.04. The predicted octanol–water partition coefficient (Wildman–Crippen LogP) is 12.2. The van der Waals surface area contributed by atoms with Crippen molar-refractivity contribution in [1.82, 2.24) is 0 Å². The second kappa shape index (κ2) is 10.6. The molecule has 7 aromatic rings. The Labute approximate surface area is 248 Å². The fourth-order valence-electron chi connectivity index (χ4n) is 7.41. The fourth-order valence-corrected chi connectivity index (χ4v) is 7.41. The second-order valence-electron chi connectivity index (χ2n) is 11.9. The van der Waals surface area contributed by atoms with Crippen molar-refractivity contribution < 1.29 is 0 Å². The summed E-state index contributed by atoms with van der Waals surface area (Å²) in [6, 6.07) is 51.9. The van der Waals surface area contributed by atoms with Crippen molar-refractivity contribution >= 4 is 32.3 Å². The van der Waals surface area contributed by atoms with Crippen LogP contribution in [0.4, 0.5) is 0 Å². The first-order valence-corrected chi connectivity index (χ1v) is 15.5. The molecule has 0 aromatic heterocycles. The molecule has 7 aromatic carbocycles. The molecule has 0 radical (unpaired) electrons. The predicted molar refractivity (Wildman–Crippen MR) is 181 cm³/mol. The van der Waals surface area contributed by atoms with Gasteiger partial charge in [-0.3, -0.25) is 0 Å². The molecule has 202 valence electrons. The van der Waals surface area contributed by atoms with Gasteiger partial charge in [-0.25, -0.2) is 0 Å². The first-order valence-electron chi connectivity index (χ1n) is 15.5. The van der Waals surface area contributed by atoms with Crippen molar-refractivity contribution in [3.8, 4) is 33.4 Å². The zero-order valence-electron chi connectivity index (χ0n) is 23.9. The number of rotatable bonds is 4. The van der Waals surface area contributed by atoms with Crippen molar-refractivity contribution in [2.45, 2.75) is 38.0 Å². The lowest BCUT2D eigenvalue weighted by atomic mass is 9.82. The molecule has 0 heteroatoms. The van der Waals surface area contributed by atoms with Crippen LogP contribution in [0.25, 0.3) is 65.7 Å². The molecule has 8 rings (SSSR count). The highest BCUT2D eigenvalue weighted by Gasteiger charge is 2.19. The van der Waals surface area contributed by atoms with Crippen LogP contribution in [0, 0.1) is 0 Å². The number of fused-ring (bicyclic) bond motifs is 3. The standard InChI is InChI=1S/C42H34/c1-3-12-29(13-4-1)30-22-25-33(26-23-30)41-36-17-7-9-19-38(36)42(39-20-10-8-18-37(39)41)34-27-24-32-16-11-21-35(40(32)28-34)31-14-5-2-6-15-31/h2,5-11,14-29H,1,3-4,12-13H2. The van der Waals surface area contributed by atoms with Crippen molar-refractivity contribution in [3.63, 3.8) is 0 Å². The summed E-state index contributed by atoms with van der Waals surface area (Å²) in [6.07, 6.45) is 6.79. The topological polar surface area (TPSA) is 0 Å². The third-order valence-corrected chi connectivity index (χ3v) is 9.46. The normalized spacial score (nSPS) is 14.1. The van der Waals surface area contributed by atoms with E-state index in [1.54, 1.807) is 0 Å². The monoisotopic (exact) mass is 538 g/mol. The van der Waals surface area contributed by atoms with Gasteiger partial charge in [-0.2, -0.15) is 0 Å². The Kier molecular flexibility index (Phi) is 6.34. The van der Waals surface area contributed by atoms with Crippen LogP contribution < -0.4 is 0 Å². The van der Waals surface area contributed by atoms with Crippen LogP contribution in [0.2, 0.25) is 0 Å². The van der Waals surface area contributed by atoms with E-state index in [1.165, 1.54) is 103 Å². The number of hydrogen-bond donors (Lipinski definition) is 0. The average Bonchev–Trinajstić information content (AvgIpc) is 3.07. The Balaban J connectivity index is 1.35. The highest BCUT2D eigenvalue weighted by molar-refractivity contribution is 6.21. The van der Waals surface area contributed by atoms with Gasteiger partial charge in [0.05, 0.1) is 0 Å². The summed E-state index contributed by atoms with van der Waals surface area (Å²) in [7, 11) is 0. The molecular formula is C42H34. The van der Waals surface area contributed by atoms with E-state index in [-0.39, 0.29) is 0 Å². The Morgan fingerprint density at radius 1 is 0.381 bits per heavy atom. The van der Waals surface area contributed by atoms with Gasteiger partial charge < -0.3 is 0 Å². The minimum absolute atomic E-state index is 0.720. The SMILES string of the molecule is c1ccc(-c2cccc3ccc(-c4c5ccccc5c(-c5ccc(C6CCCCC6)cc5)c5ccccc45)cc23)cc1. The van der Waals surface area contributed by atoms with Crippen LogP contribution >= 0.6 is 0 Å². The van der Waals surface area contributed by atoms with E-state index < -0.39 is 0 Å². The highest BCUT2D eigenvalue weighted by atomic mass is 14.2. The molecule has 0 aliphatic heterocycles. The molecule has 1 fully saturated rings. The molecule has 0 heterocycles. The Hall–Kier alpha value is -4.68. The van der Waals surface area contributed by atoms with E-state index in [2.05, 4.69) is 140 Å². The first-order chi connectivity index (χ1) is 20.8. The fraction of sp³-hybridized carbons (Fsp3) is 0.143. The smallest absolute Gasteiger partial charge is 0.00261 e. The van der Waals surface area contributed by atoms with Crippen LogP contribution in [-0.2, 0) is 0 Å². The van der Waals surface area contributed by atoms with Gasteiger partial charge in [-0.15, -0.1) is 0 Å². The molecular weight excluding hydrogens is 504 g/mol. The largest absolute Gasteiger partial charge is 0.0622 e. The maximum absolute atomic E-state index is 2.41. The summed E-state index contributed by atoms with van der Waals surface area (Å²) >= 11 is 0. The summed E-state index contributed by atoms with van der Waals surface area (Å²) in [5.74, 6) is 0.720. The minimum Gasteiger partial charge on any atom is -0.0622 e. The Morgan fingerprint density at radius 2 is 0.952 bits per heavy atom. The zero-order valence-corrected chi connectivity index (χ0v) is 23.9. The van der Waals surface area contributed by atoms with Gasteiger partial charge in [0.1, 0.15) is 0 Å². The van der Waals surface area contributed by atoms with Gasteiger partial charge in [0.15, 0.2) is 0 Å². The molecule has 0 amide bonds. The summed E-state index contributed by atoms with van der Waals surface area (Å²) in [5, 5.41) is 7.79. The summed E-state index contributed by atoms with van der Waals surface area (Å²) < 4.78 is 0. The van der Waals surface area contributed by atoms with Crippen LogP contribution in [0.15, 0.2) is 140 Å². The van der Waals surface area contributed by atoms with Gasteiger partial charge >= 0.3 is 0 Å². The van der Waals surface area contributed by atoms with Gasteiger partial charge in [0.25, 0.3) is 0 Å². The first kappa shape index (κ1) is 25.1. The van der Waals surface area contributed by atoms with Crippen molar-refractivity contribution in [1.29, 1.82) is 0 Å². The van der Waals surface area contributed by atoms with Crippen LogP contribution in [0.5, 0.6) is 0 Å². The molecule has 0 unspecified atom stereocenters. The maximum Gasteiger partial charge on any atom is -0.00261 e. The van der Waals surface area contributed by atoms with Gasteiger partial charge in [-0.05, 0) is 96.1 Å². The molecule has 0 bridgehead atoms. The minimum atomic E-state index is 0.720. The summed E-state index contributed by atoms with van der Waals surface area (Å²) in [5.41, 5.74) is 9.25. The lowest BCUT2D eigenvalue weighted by Gasteiger charge is -2.22. The van der Waals surface area contributed by atoms with Crippen LogP contribution in [0.3, 0.4) is 0 Å². The molecule has 0 saturated heterocycles. The molecule has 42 heavy (non-hydrogen) atoms. The molecule has 1 aliphatic rings. The number of hydrogen-bond acceptors (Lipinski definition) is 0. The van der Waals surface area contributed by atoms with Crippen molar-refractivity contribution in [2.24, 2.45) is 0 Å². The third kappa shape index (κ3) is 4.30. The Morgan fingerprint density at radius 3 is 1.60 bits per heavy atom. The quantitative estimate of drug-likeness (QED) is 0.196. The maximum atomic E-state index is 2.41. The lowest BCUT2D eigenvalue weighted by molar-refractivity contribution is 0.443. The van der Waals surface area contributed by atoms with Crippen LogP contribution in [0.1, 0.15) is 43.6 Å². The molecule has 0 nitrogen and oxygen atoms in total. The number of benzene rings is 7. The average molecular weight is 539 g/mol. The van der Waals surface area contributed by atoms with Gasteiger partial charge in [0, 0.05) is 0 Å². The zero-order chi connectivity index (χ0) is 27.9. The van der Waals surface area contributed by atoms with E-state index in [1.807, 2.05) is 0 Å². The third-order valence-electron chi connectivity index (χ3n) is 9.46. The molecule has 0 spiro atoms. The van der Waals surface area contributed by atoms with Gasteiger partial charge in [0.2, 0.25) is 0 Å². The molecule has 0 atom stereocenters. The van der Waals surface area contributed by atoms with E-state index >= 15 is 0 Å². The van der Waals surface area contributed by atoms with Crippen LogP contribution in [-0.4, -0.2) is 0 Å². The van der Waals surface area contributed by atoms with E-state index in [9.17, 15) is 0 Å².